The molecule has 0 saturated carbocycles. The summed E-state index contributed by atoms with van der Waals surface area (Å²) in [6.07, 6.45) is 2.86. The van der Waals surface area contributed by atoms with Gasteiger partial charge in [0.2, 0.25) is 11.8 Å². The number of rotatable bonds is 6. The lowest BCUT2D eigenvalue weighted by atomic mass is 9.73. The van der Waals surface area contributed by atoms with Gasteiger partial charge in [-0.25, -0.2) is 9.37 Å². The molecule has 0 aliphatic carbocycles. The molecule has 2 heterocycles. The fourth-order valence-corrected chi connectivity index (χ4v) is 3.76. The van der Waals surface area contributed by atoms with Crippen molar-refractivity contribution >= 4 is 5.91 Å². The van der Waals surface area contributed by atoms with E-state index in [4.69, 9.17) is 9.47 Å². The van der Waals surface area contributed by atoms with Crippen LogP contribution >= 0.6 is 0 Å². The van der Waals surface area contributed by atoms with Gasteiger partial charge in [0.1, 0.15) is 11.6 Å². The first kappa shape index (κ1) is 20.0. The van der Waals surface area contributed by atoms with Gasteiger partial charge in [0, 0.05) is 37.6 Å². The molecule has 0 bridgehead atoms. The minimum absolute atomic E-state index is 0.0439. The van der Waals surface area contributed by atoms with E-state index in [0.29, 0.717) is 43.2 Å². The highest BCUT2D eigenvalue weighted by molar-refractivity contribution is 5.88. The number of halogens is 1. The van der Waals surface area contributed by atoms with Crippen molar-refractivity contribution in [3.8, 4) is 11.6 Å². The monoisotopic (exact) mass is 406 g/mol. The molecule has 0 radical (unpaired) electrons. The summed E-state index contributed by atoms with van der Waals surface area (Å²) >= 11 is 0. The summed E-state index contributed by atoms with van der Waals surface area (Å²) in [6.45, 7) is 1.35. The minimum Gasteiger partial charge on any atom is -0.439 e. The van der Waals surface area contributed by atoms with Gasteiger partial charge in [-0.2, -0.15) is 0 Å². The third-order valence-electron chi connectivity index (χ3n) is 5.41. The van der Waals surface area contributed by atoms with Crippen LogP contribution in [-0.4, -0.2) is 24.1 Å². The minimum atomic E-state index is -0.620. The molecule has 154 valence electrons. The lowest BCUT2D eigenvalue weighted by molar-refractivity contribution is -0.130. The number of pyridine rings is 1. The second kappa shape index (κ2) is 9.05. The lowest BCUT2D eigenvalue weighted by Crippen LogP contribution is -2.47. The van der Waals surface area contributed by atoms with Gasteiger partial charge in [-0.15, -0.1) is 0 Å². The van der Waals surface area contributed by atoms with Crippen LogP contribution in [-0.2, 0) is 21.5 Å². The Bertz CT molecular complexity index is 1000. The van der Waals surface area contributed by atoms with Crippen molar-refractivity contribution in [2.45, 2.75) is 24.8 Å². The Morgan fingerprint density at radius 3 is 2.63 bits per heavy atom. The summed E-state index contributed by atoms with van der Waals surface area (Å²) in [7, 11) is 0. The standard InChI is InChI=1S/C24H23FN2O3/c25-20-9-4-10-21(16-20)30-22-18(6-5-13-26-22)17-27-23(28)24(11-14-29-15-12-24)19-7-2-1-3-8-19/h1-10,13,16H,11-12,14-15,17H2,(H,27,28). The van der Waals surface area contributed by atoms with Crippen molar-refractivity contribution in [3.05, 3.63) is 89.9 Å². The average molecular weight is 406 g/mol. The number of carbonyl (C=O) groups is 1. The van der Waals surface area contributed by atoms with Crippen LogP contribution < -0.4 is 10.1 Å². The molecule has 6 heteroatoms. The Labute approximate surface area is 174 Å². The van der Waals surface area contributed by atoms with Gasteiger partial charge >= 0.3 is 0 Å². The number of hydrogen-bond acceptors (Lipinski definition) is 4. The Hall–Kier alpha value is -3.25. The normalized spacial score (nSPS) is 15.4. The molecule has 0 spiro atoms. The van der Waals surface area contributed by atoms with E-state index in [1.165, 1.54) is 12.1 Å². The third-order valence-corrected chi connectivity index (χ3v) is 5.41. The molecule has 0 unspecified atom stereocenters. The van der Waals surface area contributed by atoms with Gasteiger partial charge in [0.25, 0.3) is 0 Å². The number of hydrogen-bond donors (Lipinski definition) is 1. The highest BCUT2D eigenvalue weighted by atomic mass is 19.1. The Morgan fingerprint density at radius 1 is 1.07 bits per heavy atom. The molecule has 2 aromatic carbocycles. The largest absolute Gasteiger partial charge is 0.439 e. The highest BCUT2D eigenvalue weighted by Crippen LogP contribution is 2.35. The predicted octanol–water partition coefficient (Wildman–Crippen LogP) is 4.38. The van der Waals surface area contributed by atoms with Crippen molar-refractivity contribution in [1.29, 1.82) is 0 Å². The topological polar surface area (TPSA) is 60.5 Å². The first-order chi connectivity index (χ1) is 14.7. The number of nitrogens with one attached hydrogen (secondary N) is 1. The summed E-state index contributed by atoms with van der Waals surface area (Å²) in [5.74, 6) is 0.260. The number of ether oxygens (including phenoxy) is 2. The van der Waals surface area contributed by atoms with Gasteiger partial charge in [-0.3, -0.25) is 4.79 Å². The zero-order chi connectivity index (χ0) is 20.8. The van der Waals surface area contributed by atoms with E-state index in [9.17, 15) is 9.18 Å². The molecule has 1 aromatic heterocycles. The van der Waals surface area contributed by atoms with Crippen LogP contribution in [0.2, 0.25) is 0 Å². The van der Waals surface area contributed by atoms with Gasteiger partial charge in [-0.05, 0) is 36.6 Å². The summed E-state index contributed by atoms with van der Waals surface area (Å²) in [4.78, 5) is 17.6. The number of carbonyl (C=O) groups excluding carboxylic acids is 1. The van der Waals surface area contributed by atoms with E-state index < -0.39 is 5.41 Å². The lowest BCUT2D eigenvalue weighted by Gasteiger charge is -2.36. The fourth-order valence-electron chi connectivity index (χ4n) is 3.76. The molecule has 5 nitrogen and oxygen atoms in total. The first-order valence-corrected chi connectivity index (χ1v) is 9.96. The molecule has 1 amide bonds. The van der Waals surface area contributed by atoms with Gasteiger partial charge in [-0.1, -0.05) is 42.5 Å². The summed E-state index contributed by atoms with van der Waals surface area (Å²) in [5, 5.41) is 3.06. The zero-order valence-corrected chi connectivity index (χ0v) is 16.5. The van der Waals surface area contributed by atoms with Crippen molar-refractivity contribution in [1.82, 2.24) is 10.3 Å². The summed E-state index contributed by atoms with van der Waals surface area (Å²) < 4.78 is 24.7. The fraction of sp³-hybridized carbons (Fsp3) is 0.250. The Balaban J connectivity index is 1.52. The number of nitrogens with zero attached hydrogens (tertiary/aromatic N) is 1. The van der Waals surface area contributed by atoms with Gasteiger partial charge in [0.05, 0.1) is 5.41 Å². The number of amides is 1. The van der Waals surface area contributed by atoms with Crippen LogP contribution in [0.4, 0.5) is 4.39 Å². The predicted molar refractivity (Wildman–Crippen MR) is 111 cm³/mol. The second-order valence-corrected chi connectivity index (χ2v) is 7.27. The quantitative estimate of drug-likeness (QED) is 0.660. The maximum Gasteiger partial charge on any atom is 0.231 e. The summed E-state index contributed by atoms with van der Waals surface area (Å²) in [5.41, 5.74) is 1.09. The Kier molecular flexibility index (Phi) is 6.05. The van der Waals surface area contributed by atoms with Crippen LogP contribution in [0.15, 0.2) is 72.9 Å². The van der Waals surface area contributed by atoms with Crippen LogP contribution in [0.5, 0.6) is 11.6 Å². The van der Waals surface area contributed by atoms with Crippen molar-refractivity contribution in [3.63, 3.8) is 0 Å². The number of benzene rings is 2. The molecule has 3 aromatic rings. The van der Waals surface area contributed by atoms with E-state index in [1.807, 2.05) is 36.4 Å². The molecule has 0 atom stereocenters. The van der Waals surface area contributed by atoms with E-state index in [0.717, 1.165) is 5.56 Å². The average Bonchev–Trinajstić information content (AvgIpc) is 2.79. The first-order valence-electron chi connectivity index (χ1n) is 9.96. The maximum absolute atomic E-state index is 13.5. The molecule has 1 aliphatic rings. The highest BCUT2D eigenvalue weighted by Gasteiger charge is 2.41. The molecule has 1 N–H and O–H groups in total. The molecular weight excluding hydrogens is 383 g/mol. The smallest absolute Gasteiger partial charge is 0.231 e. The molecule has 4 rings (SSSR count). The third kappa shape index (κ3) is 4.33. The van der Waals surface area contributed by atoms with Crippen molar-refractivity contribution in [2.75, 3.05) is 13.2 Å². The van der Waals surface area contributed by atoms with Crippen molar-refractivity contribution in [2.24, 2.45) is 0 Å². The molecular formula is C24H23FN2O3. The van der Waals surface area contributed by atoms with Crippen LogP contribution in [0.25, 0.3) is 0 Å². The van der Waals surface area contributed by atoms with Crippen LogP contribution in [0.1, 0.15) is 24.0 Å². The van der Waals surface area contributed by atoms with E-state index in [2.05, 4.69) is 10.3 Å². The van der Waals surface area contributed by atoms with Gasteiger partial charge < -0.3 is 14.8 Å². The van der Waals surface area contributed by atoms with E-state index >= 15 is 0 Å². The molecule has 1 aliphatic heterocycles. The molecule has 1 saturated heterocycles. The van der Waals surface area contributed by atoms with Crippen LogP contribution in [0.3, 0.4) is 0 Å². The molecule has 1 fully saturated rings. The number of aromatic nitrogens is 1. The van der Waals surface area contributed by atoms with Crippen LogP contribution in [0, 0.1) is 5.82 Å². The second-order valence-electron chi connectivity index (χ2n) is 7.27. The Morgan fingerprint density at radius 2 is 1.87 bits per heavy atom. The van der Waals surface area contributed by atoms with E-state index in [-0.39, 0.29) is 18.3 Å². The SMILES string of the molecule is O=C(NCc1cccnc1Oc1cccc(F)c1)C1(c2ccccc2)CCOCC1. The van der Waals surface area contributed by atoms with E-state index in [1.54, 1.807) is 24.4 Å². The maximum atomic E-state index is 13.5. The van der Waals surface area contributed by atoms with Gasteiger partial charge in [0.15, 0.2) is 0 Å². The summed E-state index contributed by atoms with van der Waals surface area (Å²) in [6, 6.07) is 19.3. The zero-order valence-electron chi connectivity index (χ0n) is 16.5. The molecule has 30 heavy (non-hydrogen) atoms. The van der Waals surface area contributed by atoms with Crippen molar-refractivity contribution < 1.29 is 18.7 Å².